The van der Waals surface area contributed by atoms with E-state index in [-0.39, 0.29) is 11.7 Å². The smallest absolute Gasteiger partial charge is 0.226 e. The second kappa shape index (κ2) is 7.75. The van der Waals surface area contributed by atoms with Crippen LogP contribution in [0.25, 0.3) is 0 Å². The fourth-order valence-corrected chi connectivity index (χ4v) is 2.30. The molecule has 0 fully saturated rings. The standard InChI is InChI=1S/C17H17BrN2O2/c1-12(21)13-6-8-14(9-7-13)19-11-10-17(22)20-16-5-3-2-4-15(16)18/h2-9,19H,10-11H2,1H3,(H,20,22). The van der Waals surface area contributed by atoms with Crippen LogP contribution in [0.2, 0.25) is 0 Å². The lowest BCUT2D eigenvalue weighted by Gasteiger charge is -2.09. The topological polar surface area (TPSA) is 58.2 Å². The molecule has 0 aliphatic heterocycles. The van der Waals surface area contributed by atoms with Gasteiger partial charge in [-0.2, -0.15) is 0 Å². The fraction of sp³-hybridized carbons (Fsp3) is 0.176. The summed E-state index contributed by atoms with van der Waals surface area (Å²) in [6, 6.07) is 14.7. The molecule has 2 N–H and O–H groups in total. The molecule has 0 aromatic heterocycles. The number of benzene rings is 2. The van der Waals surface area contributed by atoms with E-state index >= 15 is 0 Å². The van der Waals surface area contributed by atoms with Gasteiger partial charge in [0.2, 0.25) is 5.91 Å². The van der Waals surface area contributed by atoms with E-state index in [0.717, 1.165) is 15.8 Å². The number of rotatable bonds is 6. The van der Waals surface area contributed by atoms with E-state index in [4.69, 9.17) is 0 Å². The summed E-state index contributed by atoms with van der Waals surface area (Å²) < 4.78 is 0.858. The average Bonchev–Trinajstić information content (AvgIpc) is 2.50. The SMILES string of the molecule is CC(=O)c1ccc(NCCC(=O)Nc2ccccc2Br)cc1. The molecule has 0 bridgehead atoms. The maximum Gasteiger partial charge on any atom is 0.226 e. The molecule has 0 aliphatic rings. The number of carbonyl (C=O) groups is 2. The number of para-hydroxylation sites is 1. The summed E-state index contributed by atoms with van der Waals surface area (Å²) >= 11 is 3.39. The first-order valence-corrected chi connectivity index (χ1v) is 7.75. The van der Waals surface area contributed by atoms with Crippen LogP contribution in [0.1, 0.15) is 23.7 Å². The fourth-order valence-electron chi connectivity index (χ4n) is 1.92. The van der Waals surface area contributed by atoms with Gasteiger partial charge in [-0.25, -0.2) is 0 Å². The van der Waals surface area contributed by atoms with Gasteiger partial charge in [-0.15, -0.1) is 0 Å². The number of halogens is 1. The third-order valence-electron chi connectivity index (χ3n) is 3.12. The molecule has 114 valence electrons. The lowest BCUT2D eigenvalue weighted by atomic mass is 10.1. The predicted octanol–water partition coefficient (Wildman–Crippen LogP) is 4.09. The van der Waals surface area contributed by atoms with E-state index in [1.54, 1.807) is 12.1 Å². The van der Waals surface area contributed by atoms with Crippen LogP contribution in [-0.4, -0.2) is 18.2 Å². The largest absolute Gasteiger partial charge is 0.385 e. The van der Waals surface area contributed by atoms with Crippen LogP contribution in [0.3, 0.4) is 0 Å². The van der Waals surface area contributed by atoms with E-state index in [9.17, 15) is 9.59 Å². The molecule has 22 heavy (non-hydrogen) atoms. The van der Waals surface area contributed by atoms with Crippen molar-refractivity contribution in [3.05, 3.63) is 58.6 Å². The predicted molar refractivity (Wildman–Crippen MR) is 92.3 cm³/mol. The first-order chi connectivity index (χ1) is 10.6. The van der Waals surface area contributed by atoms with Gasteiger partial charge in [0.1, 0.15) is 0 Å². The van der Waals surface area contributed by atoms with Crippen LogP contribution in [0.5, 0.6) is 0 Å². The molecule has 0 saturated carbocycles. The van der Waals surface area contributed by atoms with Crippen molar-refractivity contribution >= 4 is 39.0 Å². The molecule has 0 spiro atoms. The third-order valence-corrected chi connectivity index (χ3v) is 3.81. The summed E-state index contributed by atoms with van der Waals surface area (Å²) in [7, 11) is 0. The minimum atomic E-state index is -0.0558. The van der Waals surface area contributed by atoms with Gasteiger partial charge in [0.05, 0.1) is 5.69 Å². The van der Waals surface area contributed by atoms with Crippen molar-refractivity contribution in [2.75, 3.05) is 17.2 Å². The zero-order valence-corrected chi connectivity index (χ0v) is 13.8. The van der Waals surface area contributed by atoms with Crippen LogP contribution in [0.4, 0.5) is 11.4 Å². The molecule has 2 aromatic carbocycles. The normalized spacial score (nSPS) is 10.1. The quantitative estimate of drug-likeness (QED) is 0.762. The van der Waals surface area contributed by atoms with Gasteiger partial charge in [0, 0.05) is 28.7 Å². The Morgan fingerprint density at radius 3 is 2.36 bits per heavy atom. The highest BCUT2D eigenvalue weighted by Gasteiger charge is 2.05. The molecule has 0 atom stereocenters. The van der Waals surface area contributed by atoms with Crippen molar-refractivity contribution in [2.45, 2.75) is 13.3 Å². The van der Waals surface area contributed by atoms with Crippen LogP contribution < -0.4 is 10.6 Å². The first-order valence-electron chi connectivity index (χ1n) is 6.95. The van der Waals surface area contributed by atoms with E-state index in [2.05, 4.69) is 26.6 Å². The second-order valence-corrected chi connectivity index (χ2v) is 5.69. The van der Waals surface area contributed by atoms with Crippen molar-refractivity contribution < 1.29 is 9.59 Å². The summed E-state index contributed by atoms with van der Waals surface area (Å²) in [5, 5.41) is 6.01. The third kappa shape index (κ3) is 4.70. The number of hydrogen-bond donors (Lipinski definition) is 2. The lowest BCUT2D eigenvalue weighted by molar-refractivity contribution is -0.115. The van der Waals surface area contributed by atoms with Gasteiger partial charge in [-0.1, -0.05) is 12.1 Å². The van der Waals surface area contributed by atoms with Crippen LogP contribution >= 0.6 is 15.9 Å². The molecule has 1 amide bonds. The summed E-state index contributed by atoms with van der Waals surface area (Å²) in [5.41, 5.74) is 2.33. The number of nitrogens with one attached hydrogen (secondary N) is 2. The number of amides is 1. The number of Topliss-reactive ketones (excluding diaryl/α,β-unsaturated/α-hetero) is 1. The highest BCUT2D eigenvalue weighted by atomic mass is 79.9. The van der Waals surface area contributed by atoms with E-state index in [1.807, 2.05) is 36.4 Å². The van der Waals surface area contributed by atoms with E-state index < -0.39 is 0 Å². The molecule has 2 rings (SSSR count). The number of carbonyl (C=O) groups excluding carboxylic acids is 2. The zero-order valence-electron chi connectivity index (χ0n) is 12.2. The maximum absolute atomic E-state index is 11.9. The Kier molecular flexibility index (Phi) is 5.72. The van der Waals surface area contributed by atoms with Gasteiger partial charge < -0.3 is 10.6 Å². The summed E-state index contributed by atoms with van der Waals surface area (Å²) in [6.45, 7) is 2.06. The summed E-state index contributed by atoms with van der Waals surface area (Å²) in [6.07, 6.45) is 0.357. The van der Waals surface area contributed by atoms with Crippen LogP contribution in [0.15, 0.2) is 53.0 Å². The molecule has 0 radical (unpaired) electrons. The minimum absolute atomic E-state index is 0.0411. The van der Waals surface area contributed by atoms with Crippen molar-refractivity contribution in [3.63, 3.8) is 0 Å². The van der Waals surface area contributed by atoms with Crippen molar-refractivity contribution in [1.29, 1.82) is 0 Å². The molecule has 0 aliphatic carbocycles. The molecular formula is C17H17BrN2O2. The monoisotopic (exact) mass is 360 g/mol. The Hall–Kier alpha value is -2.14. The van der Waals surface area contributed by atoms with Gasteiger partial charge in [0.25, 0.3) is 0 Å². The average molecular weight is 361 g/mol. The molecule has 0 saturated heterocycles. The Labute approximate surface area is 138 Å². The van der Waals surface area contributed by atoms with E-state index in [0.29, 0.717) is 18.5 Å². The molecule has 4 nitrogen and oxygen atoms in total. The Bertz CT molecular complexity index is 669. The number of ketones is 1. The molecular weight excluding hydrogens is 344 g/mol. The Morgan fingerprint density at radius 1 is 1.05 bits per heavy atom. The Morgan fingerprint density at radius 2 is 1.73 bits per heavy atom. The van der Waals surface area contributed by atoms with Crippen LogP contribution in [-0.2, 0) is 4.79 Å². The van der Waals surface area contributed by atoms with Gasteiger partial charge in [-0.3, -0.25) is 9.59 Å². The zero-order chi connectivity index (χ0) is 15.9. The second-order valence-electron chi connectivity index (χ2n) is 4.84. The first kappa shape index (κ1) is 16.2. The maximum atomic E-state index is 11.9. The van der Waals surface area contributed by atoms with Crippen molar-refractivity contribution in [2.24, 2.45) is 0 Å². The van der Waals surface area contributed by atoms with Gasteiger partial charge >= 0.3 is 0 Å². The summed E-state index contributed by atoms with van der Waals surface area (Å²) in [4.78, 5) is 23.1. The summed E-state index contributed by atoms with van der Waals surface area (Å²) in [5.74, 6) is -0.0147. The van der Waals surface area contributed by atoms with Gasteiger partial charge in [-0.05, 0) is 59.3 Å². The van der Waals surface area contributed by atoms with Crippen molar-refractivity contribution in [1.82, 2.24) is 0 Å². The number of anilines is 2. The highest BCUT2D eigenvalue weighted by Crippen LogP contribution is 2.21. The minimum Gasteiger partial charge on any atom is -0.385 e. The van der Waals surface area contributed by atoms with Crippen LogP contribution in [0, 0.1) is 0 Å². The molecule has 5 heteroatoms. The molecule has 2 aromatic rings. The van der Waals surface area contributed by atoms with E-state index in [1.165, 1.54) is 6.92 Å². The highest BCUT2D eigenvalue weighted by molar-refractivity contribution is 9.10. The molecule has 0 heterocycles. The lowest BCUT2D eigenvalue weighted by Crippen LogP contribution is -2.16. The molecule has 0 unspecified atom stereocenters. The van der Waals surface area contributed by atoms with Crippen molar-refractivity contribution in [3.8, 4) is 0 Å². The number of hydrogen-bond acceptors (Lipinski definition) is 3. The van der Waals surface area contributed by atoms with Gasteiger partial charge in [0.15, 0.2) is 5.78 Å². The Balaban J connectivity index is 1.79.